The third-order valence-electron chi connectivity index (χ3n) is 3.38. The fraction of sp³-hybridized carbons (Fsp3) is 0.529. The molecule has 0 radical (unpaired) electrons. The number of para-hydroxylation sites is 1. The summed E-state index contributed by atoms with van der Waals surface area (Å²) >= 11 is 0. The van der Waals surface area contributed by atoms with Gasteiger partial charge in [0, 0.05) is 18.7 Å². The first-order chi connectivity index (χ1) is 9.87. The number of fused-ring (bicyclic) bond motifs is 1. The van der Waals surface area contributed by atoms with Crippen molar-refractivity contribution in [2.24, 2.45) is 0 Å². The van der Waals surface area contributed by atoms with Gasteiger partial charge in [-0.15, -0.1) is 0 Å². The fourth-order valence-electron chi connectivity index (χ4n) is 2.53. The van der Waals surface area contributed by atoms with Crippen molar-refractivity contribution in [3.8, 4) is 0 Å². The summed E-state index contributed by atoms with van der Waals surface area (Å²) < 4.78 is 5.31. The van der Waals surface area contributed by atoms with Crippen LogP contribution in [0.15, 0.2) is 24.3 Å². The predicted molar refractivity (Wildman–Crippen MR) is 82.2 cm³/mol. The standard InChI is InChI=1S/C17H23NO3/c1-17(2,3)21-16(20)11-12-18-14-9-5-4-7-13(14)8-6-10-15(18)19/h4-5,7,9H,6,8,10-12H2,1-3H3. The molecule has 1 aromatic carbocycles. The maximum absolute atomic E-state index is 12.2. The van der Waals surface area contributed by atoms with E-state index in [4.69, 9.17) is 4.74 Å². The summed E-state index contributed by atoms with van der Waals surface area (Å²) in [6.07, 6.45) is 2.52. The van der Waals surface area contributed by atoms with Crippen LogP contribution in [-0.4, -0.2) is 24.0 Å². The molecular weight excluding hydrogens is 266 g/mol. The summed E-state index contributed by atoms with van der Waals surface area (Å²) in [4.78, 5) is 25.8. The van der Waals surface area contributed by atoms with Crippen LogP contribution in [0, 0.1) is 0 Å². The van der Waals surface area contributed by atoms with Gasteiger partial charge in [0.2, 0.25) is 5.91 Å². The smallest absolute Gasteiger partial charge is 0.308 e. The lowest BCUT2D eigenvalue weighted by atomic mass is 10.1. The monoisotopic (exact) mass is 289 g/mol. The van der Waals surface area contributed by atoms with Gasteiger partial charge < -0.3 is 9.64 Å². The number of carbonyl (C=O) groups excluding carboxylic acids is 2. The Hall–Kier alpha value is -1.84. The van der Waals surface area contributed by atoms with Crippen molar-refractivity contribution in [1.29, 1.82) is 0 Å². The molecule has 0 spiro atoms. The Morgan fingerprint density at radius 1 is 1.24 bits per heavy atom. The molecule has 0 unspecified atom stereocenters. The molecule has 1 heterocycles. The number of aryl methyl sites for hydroxylation is 1. The van der Waals surface area contributed by atoms with E-state index in [-0.39, 0.29) is 18.3 Å². The van der Waals surface area contributed by atoms with Crippen LogP contribution in [0.5, 0.6) is 0 Å². The number of carbonyl (C=O) groups is 2. The molecule has 0 bridgehead atoms. The zero-order valence-corrected chi connectivity index (χ0v) is 13.0. The van der Waals surface area contributed by atoms with Crippen LogP contribution in [-0.2, 0) is 20.7 Å². The molecule has 0 saturated carbocycles. The van der Waals surface area contributed by atoms with E-state index in [1.54, 1.807) is 4.90 Å². The van der Waals surface area contributed by atoms with E-state index < -0.39 is 5.60 Å². The second-order valence-electron chi connectivity index (χ2n) is 6.36. The van der Waals surface area contributed by atoms with Gasteiger partial charge in [-0.3, -0.25) is 9.59 Å². The molecule has 0 saturated heterocycles. The zero-order chi connectivity index (χ0) is 15.5. The van der Waals surface area contributed by atoms with Crippen LogP contribution < -0.4 is 4.90 Å². The van der Waals surface area contributed by atoms with Gasteiger partial charge in [-0.1, -0.05) is 18.2 Å². The van der Waals surface area contributed by atoms with Crippen LogP contribution in [0.3, 0.4) is 0 Å². The first-order valence-corrected chi connectivity index (χ1v) is 7.47. The quantitative estimate of drug-likeness (QED) is 0.803. The molecule has 0 aromatic heterocycles. The van der Waals surface area contributed by atoms with E-state index in [0.29, 0.717) is 13.0 Å². The van der Waals surface area contributed by atoms with Crippen LogP contribution in [0.4, 0.5) is 5.69 Å². The van der Waals surface area contributed by atoms with Gasteiger partial charge in [-0.25, -0.2) is 0 Å². The van der Waals surface area contributed by atoms with Gasteiger partial charge in [0.25, 0.3) is 0 Å². The average molecular weight is 289 g/mol. The molecule has 1 amide bonds. The number of amides is 1. The molecule has 1 aliphatic heterocycles. The summed E-state index contributed by atoms with van der Waals surface area (Å²) in [6.45, 7) is 5.91. The van der Waals surface area contributed by atoms with Crippen molar-refractivity contribution in [3.63, 3.8) is 0 Å². The Morgan fingerprint density at radius 2 is 1.95 bits per heavy atom. The summed E-state index contributed by atoms with van der Waals surface area (Å²) in [5.41, 5.74) is 1.62. The lowest BCUT2D eigenvalue weighted by molar-refractivity contribution is -0.154. The van der Waals surface area contributed by atoms with Gasteiger partial charge in [0.05, 0.1) is 6.42 Å². The number of benzene rings is 1. The number of esters is 1. The Kier molecular flexibility index (Phi) is 4.66. The third kappa shape index (κ3) is 4.31. The molecule has 21 heavy (non-hydrogen) atoms. The highest BCUT2D eigenvalue weighted by Crippen LogP contribution is 2.27. The Labute approximate surface area is 126 Å². The second kappa shape index (κ2) is 6.29. The molecule has 1 aliphatic rings. The Morgan fingerprint density at radius 3 is 2.67 bits per heavy atom. The number of ether oxygens (including phenoxy) is 1. The lowest BCUT2D eigenvalue weighted by Crippen LogP contribution is -2.34. The molecule has 2 rings (SSSR count). The van der Waals surface area contributed by atoms with Crippen LogP contribution in [0.1, 0.15) is 45.6 Å². The number of hydrogen-bond donors (Lipinski definition) is 0. The maximum atomic E-state index is 12.2. The van der Waals surface area contributed by atoms with Gasteiger partial charge in [0.15, 0.2) is 0 Å². The van der Waals surface area contributed by atoms with E-state index in [1.165, 1.54) is 5.56 Å². The number of hydrogen-bond acceptors (Lipinski definition) is 3. The van der Waals surface area contributed by atoms with Crippen LogP contribution >= 0.6 is 0 Å². The Balaban J connectivity index is 2.07. The van der Waals surface area contributed by atoms with E-state index in [1.807, 2.05) is 39.0 Å². The van der Waals surface area contributed by atoms with Crippen LogP contribution in [0.25, 0.3) is 0 Å². The maximum Gasteiger partial charge on any atom is 0.308 e. The molecule has 4 heteroatoms. The van der Waals surface area contributed by atoms with Crippen LogP contribution in [0.2, 0.25) is 0 Å². The highest BCUT2D eigenvalue weighted by molar-refractivity contribution is 5.95. The van der Waals surface area contributed by atoms with E-state index >= 15 is 0 Å². The molecule has 4 nitrogen and oxygen atoms in total. The lowest BCUT2D eigenvalue weighted by Gasteiger charge is -2.24. The number of nitrogens with zero attached hydrogens (tertiary/aromatic N) is 1. The van der Waals surface area contributed by atoms with Crippen molar-refractivity contribution in [2.45, 2.75) is 52.1 Å². The second-order valence-corrected chi connectivity index (χ2v) is 6.36. The van der Waals surface area contributed by atoms with Crippen molar-refractivity contribution in [3.05, 3.63) is 29.8 Å². The SMILES string of the molecule is CC(C)(C)OC(=O)CCN1C(=O)CCCc2ccccc21. The van der Waals surface area contributed by atoms with Crippen molar-refractivity contribution < 1.29 is 14.3 Å². The molecule has 0 fully saturated rings. The van der Waals surface area contributed by atoms with Crippen molar-refractivity contribution in [1.82, 2.24) is 0 Å². The first-order valence-electron chi connectivity index (χ1n) is 7.47. The zero-order valence-electron chi connectivity index (χ0n) is 13.0. The molecular formula is C17H23NO3. The topological polar surface area (TPSA) is 46.6 Å². The number of rotatable bonds is 3. The predicted octanol–water partition coefficient (Wildman–Crippen LogP) is 3.09. The van der Waals surface area contributed by atoms with Gasteiger partial charge in [-0.2, -0.15) is 0 Å². The highest BCUT2D eigenvalue weighted by Gasteiger charge is 2.23. The average Bonchev–Trinajstić information content (AvgIpc) is 2.53. The van der Waals surface area contributed by atoms with Crippen molar-refractivity contribution in [2.75, 3.05) is 11.4 Å². The van der Waals surface area contributed by atoms with Gasteiger partial charge in [-0.05, 0) is 45.2 Å². The summed E-state index contributed by atoms with van der Waals surface area (Å²) in [5.74, 6) is -0.180. The fourth-order valence-corrected chi connectivity index (χ4v) is 2.53. The minimum atomic E-state index is -0.488. The summed E-state index contributed by atoms with van der Waals surface area (Å²) in [5, 5.41) is 0. The van der Waals surface area contributed by atoms with Gasteiger partial charge >= 0.3 is 5.97 Å². The van der Waals surface area contributed by atoms with Crippen molar-refractivity contribution >= 4 is 17.6 Å². The molecule has 1 aromatic rings. The van der Waals surface area contributed by atoms with E-state index in [0.717, 1.165) is 18.5 Å². The normalized spacial score (nSPS) is 15.4. The largest absolute Gasteiger partial charge is 0.460 e. The first kappa shape index (κ1) is 15.5. The highest BCUT2D eigenvalue weighted by atomic mass is 16.6. The van der Waals surface area contributed by atoms with E-state index in [2.05, 4.69) is 6.07 Å². The molecule has 0 atom stereocenters. The molecule has 114 valence electrons. The Bertz CT molecular complexity index is 531. The van der Waals surface area contributed by atoms with E-state index in [9.17, 15) is 9.59 Å². The minimum Gasteiger partial charge on any atom is -0.460 e. The number of anilines is 1. The van der Waals surface area contributed by atoms with Gasteiger partial charge in [0.1, 0.15) is 5.60 Å². The summed E-state index contributed by atoms with van der Waals surface area (Å²) in [7, 11) is 0. The summed E-state index contributed by atoms with van der Waals surface area (Å²) in [6, 6.07) is 7.92. The minimum absolute atomic E-state index is 0.0866. The molecule has 0 aliphatic carbocycles. The third-order valence-corrected chi connectivity index (χ3v) is 3.38. The molecule has 0 N–H and O–H groups in total.